The number of alkyl halides is 6. The summed E-state index contributed by atoms with van der Waals surface area (Å²) in [5.74, 6) is -3.31. The van der Waals surface area contributed by atoms with E-state index in [4.69, 9.17) is 28.0 Å². The molecule has 1 fully saturated rings. The Morgan fingerprint density at radius 2 is 1.74 bits per heavy atom. The number of nitrogens with one attached hydrogen (secondary N) is 1. The SMILES string of the molecule is Cc1cc(C2=NOC(c3cc(Cl)cc(Cl)c3)(C(F)(F)F)C2)ccc1C(=O)NC1C(=O)SC1=NC(=O)C(F)(F)F. The minimum atomic E-state index is -5.25. The summed E-state index contributed by atoms with van der Waals surface area (Å²) in [6.07, 6.45) is -10.9. The molecule has 2 atom stereocenters. The Morgan fingerprint density at radius 3 is 2.28 bits per heavy atom. The summed E-state index contributed by atoms with van der Waals surface area (Å²) in [7, 11) is 0. The Balaban J connectivity index is 1.54. The molecule has 0 saturated carbocycles. The Kier molecular flexibility index (Phi) is 7.51. The largest absolute Gasteiger partial charge is 0.473 e. The van der Waals surface area contributed by atoms with Crippen LogP contribution < -0.4 is 5.32 Å². The first-order chi connectivity index (χ1) is 18.0. The van der Waals surface area contributed by atoms with Crippen LogP contribution in [0.4, 0.5) is 26.3 Å². The molecule has 2 aromatic rings. The van der Waals surface area contributed by atoms with Crippen molar-refractivity contribution in [2.24, 2.45) is 10.1 Å². The van der Waals surface area contributed by atoms with Gasteiger partial charge in [-0.15, -0.1) is 0 Å². The Hall–Kier alpha value is -3.10. The third-order valence-electron chi connectivity index (χ3n) is 5.74. The van der Waals surface area contributed by atoms with E-state index in [0.29, 0.717) is 0 Å². The fourth-order valence-electron chi connectivity index (χ4n) is 3.79. The quantitative estimate of drug-likeness (QED) is 0.445. The molecule has 2 aromatic carbocycles. The summed E-state index contributed by atoms with van der Waals surface area (Å²) in [4.78, 5) is 43.3. The Labute approximate surface area is 229 Å². The van der Waals surface area contributed by atoms with Crippen molar-refractivity contribution < 1.29 is 45.6 Å². The lowest BCUT2D eigenvalue weighted by atomic mass is 9.86. The molecule has 4 rings (SSSR count). The van der Waals surface area contributed by atoms with E-state index >= 15 is 0 Å². The molecule has 0 spiro atoms. The predicted octanol–water partition coefficient (Wildman–Crippen LogP) is 5.74. The van der Waals surface area contributed by atoms with Gasteiger partial charge in [0, 0.05) is 27.6 Å². The van der Waals surface area contributed by atoms with E-state index in [2.05, 4.69) is 15.5 Å². The highest BCUT2D eigenvalue weighted by atomic mass is 35.5. The van der Waals surface area contributed by atoms with Gasteiger partial charge < -0.3 is 10.2 Å². The summed E-state index contributed by atoms with van der Waals surface area (Å²) < 4.78 is 80.0. The second kappa shape index (κ2) is 10.1. The first-order valence-electron chi connectivity index (χ1n) is 10.6. The van der Waals surface area contributed by atoms with Crippen molar-refractivity contribution in [3.05, 3.63) is 68.7 Å². The van der Waals surface area contributed by atoms with Crippen LogP contribution in [0.1, 0.15) is 33.5 Å². The number of oxime groups is 1. The molecular weight excluding hydrogens is 599 g/mol. The molecule has 2 heterocycles. The van der Waals surface area contributed by atoms with Gasteiger partial charge in [0.25, 0.3) is 11.5 Å². The van der Waals surface area contributed by atoms with Crippen molar-refractivity contribution in [2.75, 3.05) is 0 Å². The van der Waals surface area contributed by atoms with Gasteiger partial charge >= 0.3 is 18.3 Å². The molecule has 2 aliphatic rings. The maximum absolute atomic E-state index is 14.2. The zero-order chi connectivity index (χ0) is 28.9. The van der Waals surface area contributed by atoms with Crippen LogP contribution in [-0.2, 0) is 20.0 Å². The number of aryl methyl sites for hydroxylation is 1. The molecule has 206 valence electrons. The molecule has 0 aromatic heterocycles. The Morgan fingerprint density at radius 1 is 1.10 bits per heavy atom. The van der Waals surface area contributed by atoms with Crippen LogP contribution in [0.15, 0.2) is 46.5 Å². The maximum Gasteiger partial charge on any atom is 0.473 e. The lowest BCUT2D eigenvalue weighted by Gasteiger charge is -2.29. The van der Waals surface area contributed by atoms with Crippen LogP contribution in [0, 0.1) is 6.92 Å². The zero-order valence-electron chi connectivity index (χ0n) is 19.2. The third-order valence-corrected chi connectivity index (χ3v) is 7.15. The molecule has 0 bridgehead atoms. The topological polar surface area (TPSA) is 97.2 Å². The molecule has 16 heteroatoms. The van der Waals surface area contributed by atoms with Crippen molar-refractivity contribution in [1.29, 1.82) is 0 Å². The number of carbonyl (C=O) groups excluding carboxylic acids is 3. The van der Waals surface area contributed by atoms with Crippen LogP contribution in [0.25, 0.3) is 0 Å². The minimum Gasteiger partial charge on any atom is -0.374 e. The van der Waals surface area contributed by atoms with Crippen LogP contribution in [0.2, 0.25) is 10.0 Å². The van der Waals surface area contributed by atoms with Crippen LogP contribution in [-0.4, -0.2) is 46.1 Å². The van der Waals surface area contributed by atoms with Gasteiger partial charge in [-0.05, 0) is 60.1 Å². The molecule has 0 aliphatic carbocycles. The average Bonchev–Trinajstić information content (AvgIpc) is 3.28. The van der Waals surface area contributed by atoms with Crippen molar-refractivity contribution in [3.8, 4) is 0 Å². The standard InChI is InChI=1S/C23H13Cl2F6N3O4S/c1-9-4-10(15-8-21(38-34-15,23(29,30)31)11-5-12(24)7-13(25)6-11)2-3-14(9)17(35)32-16-18(39-19(16)36)33-20(37)22(26,27)28/h2-7,16H,8H2,1H3,(H,32,35). The zero-order valence-corrected chi connectivity index (χ0v) is 21.5. The summed E-state index contributed by atoms with van der Waals surface area (Å²) in [5, 5.41) is 4.51. The second-order valence-corrected chi connectivity index (χ2v) is 10.3. The summed E-state index contributed by atoms with van der Waals surface area (Å²) in [5.41, 5.74) is -2.92. The van der Waals surface area contributed by atoms with Gasteiger partial charge in [-0.2, -0.15) is 31.3 Å². The van der Waals surface area contributed by atoms with Crippen LogP contribution in [0.5, 0.6) is 0 Å². The number of thioether (sulfide) groups is 1. The van der Waals surface area contributed by atoms with Crippen LogP contribution in [0.3, 0.4) is 0 Å². The van der Waals surface area contributed by atoms with Gasteiger partial charge in [-0.1, -0.05) is 34.4 Å². The first-order valence-corrected chi connectivity index (χ1v) is 12.2. The fraction of sp³-hybridized carbons (Fsp3) is 0.261. The van der Waals surface area contributed by atoms with E-state index in [0.717, 1.165) is 12.1 Å². The number of nitrogens with zero attached hydrogens (tertiary/aromatic N) is 2. The van der Waals surface area contributed by atoms with Crippen LogP contribution >= 0.6 is 35.0 Å². The molecule has 2 unspecified atom stereocenters. The Bertz CT molecular complexity index is 1440. The molecule has 1 N–H and O–H groups in total. The van der Waals surface area contributed by atoms with E-state index in [-0.39, 0.29) is 49.8 Å². The number of amides is 2. The average molecular weight is 612 g/mol. The van der Waals surface area contributed by atoms with Gasteiger partial charge in [-0.3, -0.25) is 14.4 Å². The highest BCUT2D eigenvalue weighted by molar-refractivity contribution is 8.30. The number of hydrogen-bond donors (Lipinski definition) is 1. The van der Waals surface area contributed by atoms with Gasteiger partial charge in [0.2, 0.25) is 5.12 Å². The number of aliphatic imine (C=N–C) groups is 1. The molecule has 39 heavy (non-hydrogen) atoms. The number of hydrogen-bond acceptors (Lipinski definition) is 6. The van der Waals surface area contributed by atoms with Gasteiger partial charge in [0.05, 0.1) is 5.71 Å². The minimum absolute atomic E-state index is 0.0341. The van der Waals surface area contributed by atoms with Gasteiger partial charge in [-0.25, -0.2) is 0 Å². The van der Waals surface area contributed by atoms with Gasteiger partial charge in [0.1, 0.15) is 11.1 Å². The van der Waals surface area contributed by atoms with Crippen molar-refractivity contribution in [1.82, 2.24) is 5.32 Å². The number of rotatable bonds is 4. The normalized spacial score (nSPS) is 22.3. The molecule has 7 nitrogen and oxygen atoms in total. The van der Waals surface area contributed by atoms with E-state index in [1.165, 1.54) is 31.2 Å². The fourth-order valence-corrected chi connectivity index (χ4v) is 5.03. The number of benzene rings is 2. The summed E-state index contributed by atoms with van der Waals surface area (Å²) >= 11 is 12.1. The molecule has 0 radical (unpaired) electrons. The van der Waals surface area contributed by atoms with Gasteiger partial charge in [0.15, 0.2) is 0 Å². The summed E-state index contributed by atoms with van der Waals surface area (Å²) in [6.45, 7) is 1.45. The third kappa shape index (κ3) is 5.63. The van der Waals surface area contributed by atoms with E-state index < -0.39 is 52.4 Å². The number of halogens is 8. The van der Waals surface area contributed by atoms with Crippen molar-refractivity contribution in [2.45, 2.75) is 37.3 Å². The highest BCUT2D eigenvalue weighted by Gasteiger charge is 2.62. The lowest BCUT2D eigenvalue weighted by molar-refractivity contribution is -0.275. The molecular formula is C23H13Cl2F6N3O4S. The number of carbonyl (C=O) groups is 3. The second-order valence-electron chi connectivity index (χ2n) is 8.40. The van der Waals surface area contributed by atoms with E-state index in [9.17, 15) is 40.7 Å². The monoisotopic (exact) mass is 611 g/mol. The van der Waals surface area contributed by atoms with E-state index in [1.807, 2.05) is 0 Å². The lowest BCUT2D eigenvalue weighted by Crippen LogP contribution is -2.52. The van der Waals surface area contributed by atoms with E-state index in [1.54, 1.807) is 0 Å². The van der Waals surface area contributed by atoms with Crippen molar-refractivity contribution >= 4 is 62.6 Å². The summed E-state index contributed by atoms with van der Waals surface area (Å²) in [6, 6.07) is 5.74. The molecule has 2 aliphatic heterocycles. The first kappa shape index (κ1) is 28.9. The smallest absolute Gasteiger partial charge is 0.374 e. The highest BCUT2D eigenvalue weighted by Crippen LogP contribution is 2.49. The maximum atomic E-state index is 14.2. The molecule has 1 saturated heterocycles. The van der Waals surface area contributed by atoms with Crippen molar-refractivity contribution in [3.63, 3.8) is 0 Å². The predicted molar refractivity (Wildman–Crippen MR) is 130 cm³/mol. The molecule has 2 amide bonds.